The van der Waals surface area contributed by atoms with E-state index in [2.05, 4.69) is 46.5 Å². The minimum absolute atomic E-state index is 0.495. The van der Waals surface area contributed by atoms with Gasteiger partial charge in [0.15, 0.2) is 0 Å². The van der Waals surface area contributed by atoms with Crippen LogP contribution >= 0.6 is 11.3 Å². The largest absolute Gasteiger partial charge is 0.290 e. The molecule has 0 amide bonds. The van der Waals surface area contributed by atoms with Gasteiger partial charge in [-0.2, -0.15) is 0 Å². The van der Waals surface area contributed by atoms with E-state index < -0.39 is 0 Å². The van der Waals surface area contributed by atoms with Gasteiger partial charge in [0.2, 0.25) is 0 Å². The van der Waals surface area contributed by atoms with Gasteiger partial charge in [-0.05, 0) is 36.1 Å². The second kappa shape index (κ2) is 6.83. The highest BCUT2D eigenvalue weighted by Gasteiger charge is 2.26. The fourth-order valence-electron chi connectivity index (χ4n) is 3.57. The molecule has 3 aromatic rings. The Kier molecular flexibility index (Phi) is 4.41. The molecule has 1 unspecified atom stereocenters. The van der Waals surface area contributed by atoms with Crippen molar-refractivity contribution in [3.63, 3.8) is 0 Å². The molecule has 1 aliphatic rings. The van der Waals surface area contributed by atoms with Gasteiger partial charge in [0.05, 0.1) is 11.4 Å². The van der Waals surface area contributed by atoms with Crippen LogP contribution in [0.3, 0.4) is 0 Å². The molecule has 1 aliphatic heterocycles. The van der Waals surface area contributed by atoms with Crippen LogP contribution in [0.5, 0.6) is 0 Å². The Morgan fingerprint density at radius 1 is 1.17 bits per heavy atom. The summed E-state index contributed by atoms with van der Waals surface area (Å²) in [7, 11) is 0. The van der Waals surface area contributed by atoms with Gasteiger partial charge >= 0.3 is 0 Å². The van der Waals surface area contributed by atoms with Crippen molar-refractivity contribution in [3.8, 4) is 10.7 Å². The molecule has 1 atom stereocenters. The zero-order chi connectivity index (χ0) is 16.4. The van der Waals surface area contributed by atoms with Crippen LogP contribution in [0, 0.1) is 0 Å². The molecule has 4 rings (SSSR count). The smallest absolute Gasteiger partial charge is 0.142 e. The molecule has 0 fully saturated rings. The van der Waals surface area contributed by atoms with E-state index in [0.717, 1.165) is 42.3 Å². The van der Waals surface area contributed by atoms with Gasteiger partial charge in [-0.1, -0.05) is 37.3 Å². The van der Waals surface area contributed by atoms with Crippen molar-refractivity contribution in [2.45, 2.75) is 32.4 Å². The average molecular weight is 335 g/mol. The molecule has 3 nitrogen and oxygen atoms in total. The van der Waals surface area contributed by atoms with E-state index in [1.807, 2.05) is 24.4 Å². The molecule has 0 N–H and O–H groups in total. The van der Waals surface area contributed by atoms with Crippen LogP contribution in [0.1, 0.15) is 36.2 Å². The molecule has 4 heteroatoms. The lowest BCUT2D eigenvalue weighted by atomic mass is 9.91. The number of fused-ring (bicyclic) bond motifs is 1. The van der Waals surface area contributed by atoms with E-state index in [-0.39, 0.29) is 0 Å². The molecule has 2 aromatic heterocycles. The van der Waals surface area contributed by atoms with Crippen LogP contribution in [-0.4, -0.2) is 21.4 Å². The molecule has 0 bridgehead atoms. The summed E-state index contributed by atoms with van der Waals surface area (Å²) in [4.78, 5) is 11.8. The third kappa shape index (κ3) is 2.99. The minimum Gasteiger partial charge on any atom is -0.290 e. The van der Waals surface area contributed by atoms with E-state index in [1.54, 1.807) is 11.3 Å². The van der Waals surface area contributed by atoms with E-state index in [1.165, 1.54) is 11.1 Å². The minimum atomic E-state index is 0.495. The first-order chi connectivity index (χ1) is 11.8. The summed E-state index contributed by atoms with van der Waals surface area (Å²) in [5.41, 5.74) is 5.11. The van der Waals surface area contributed by atoms with Crippen LogP contribution in [0.2, 0.25) is 0 Å². The second-order valence-corrected chi connectivity index (χ2v) is 7.06. The summed E-state index contributed by atoms with van der Waals surface area (Å²) in [6, 6.07) is 15.3. The molecule has 0 aliphatic carbocycles. The maximum atomic E-state index is 4.81. The number of thiazole rings is 1. The second-order valence-electron chi connectivity index (χ2n) is 6.20. The van der Waals surface area contributed by atoms with Crippen molar-refractivity contribution in [1.82, 2.24) is 14.9 Å². The first-order valence-electron chi connectivity index (χ1n) is 8.53. The number of rotatable bonds is 4. The Hall–Kier alpha value is -2.04. The molecule has 122 valence electrons. The number of hydrogen-bond acceptors (Lipinski definition) is 4. The number of hydrogen-bond donors (Lipinski definition) is 0. The highest BCUT2D eigenvalue weighted by Crippen LogP contribution is 2.33. The normalized spacial score (nSPS) is 17.6. The van der Waals surface area contributed by atoms with Gasteiger partial charge in [0, 0.05) is 30.7 Å². The first-order valence-corrected chi connectivity index (χ1v) is 9.40. The summed E-state index contributed by atoms with van der Waals surface area (Å²) in [5.74, 6) is 0. The standard InChI is InChI=1S/C20H21N3S/c1-2-19-17-8-4-3-7-15(17)10-12-23(19)13-16-14-24-20(22-16)18-9-5-6-11-21-18/h3-9,11,14,19H,2,10,12-13H2,1H3. The summed E-state index contributed by atoms with van der Waals surface area (Å²) in [6.45, 7) is 4.29. The van der Waals surface area contributed by atoms with Crippen LogP contribution in [0.25, 0.3) is 10.7 Å². The van der Waals surface area contributed by atoms with Crippen molar-refractivity contribution in [2.24, 2.45) is 0 Å². The van der Waals surface area contributed by atoms with Crippen molar-refractivity contribution in [1.29, 1.82) is 0 Å². The van der Waals surface area contributed by atoms with Crippen molar-refractivity contribution < 1.29 is 0 Å². The highest BCUT2D eigenvalue weighted by molar-refractivity contribution is 7.13. The maximum Gasteiger partial charge on any atom is 0.142 e. The fourth-order valence-corrected chi connectivity index (χ4v) is 4.35. The number of benzene rings is 1. The van der Waals surface area contributed by atoms with Crippen molar-refractivity contribution in [2.75, 3.05) is 6.54 Å². The molecule has 0 spiro atoms. The SMILES string of the molecule is CCC1c2ccccc2CCN1Cc1csc(-c2ccccn2)n1. The molecule has 0 saturated heterocycles. The van der Waals surface area contributed by atoms with Gasteiger partial charge in [0.1, 0.15) is 5.01 Å². The van der Waals surface area contributed by atoms with E-state index >= 15 is 0 Å². The van der Waals surface area contributed by atoms with Gasteiger partial charge in [0.25, 0.3) is 0 Å². The zero-order valence-corrected chi connectivity index (χ0v) is 14.7. The molecule has 3 heterocycles. The molecule has 24 heavy (non-hydrogen) atoms. The maximum absolute atomic E-state index is 4.81. The van der Waals surface area contributed by atoms with E-state index in [9.17, 15) is 0 Å². The van der Waals surface area contributed by atoms with Crippen molar-refractivity contribution >= 4 is 11.3 Å². The predicted molar refractivity (Wildman–Crippen MR) is 98.9 cm³/mol. The number of nitrogens with zero attached hydrogens (tertiary/aromatic N) is 3. The lowest BCUT2D eigenvalue weighted by Crippen LogP contribution is -2.34. The molecule has 1 aromatic carbocycles. The van der Waals surface area contributed by atoms with Crippen molar-refractivity contribution in [3.05, 3.63) is 70.9 Å². The Morgan fingerprint density at radius 3 is 2.88 bits per heavy atom. The quantitative estimate of drug-likeness (QED) is 0.691. The lowest BCUT2D eigenvalue weighted by Gasteiger charge is -2.36. The summed E-state index contributed by atoms with van der Waals surface area (Å²) in [5, 5.41) is 3.19. The zero-order valence-electron chi connectivity index (χ0n) is 13.9. The van der Waals surface area contributed by atoms with Gasteiger partial charge in [-0.25, -0.2) is 4.98 Å². The summed E-state index contributed by atoms with van der Waals surface area (Å²) >= 11 is 1.69. The molecular formula is C20H21N3S. The third-order valence-corrected chi connectivity index (χ3v) is 5.62. The molecule has 0 radical (unpaired) electrons. The van der Waals surface area contributed by atoms with Crippen LogP contribution in [-0.2, 0) is 13.0 Å². The Balaban J connectivity index is 1.55. The summed E-state index contributed by atoms with van der Waals surface area (Å²) in [6.07, 6.45) is 4.09. The average Bonchev–Trinajstić information content (AvgIpc) is 3.11. The number of aromatic nitrogens is 2. The Morgan fingerprint density at radius 2 is 2.04 bits per heavy atom. The van der Waals surface area contributed by atoms with E-state index in [0.29, 0.717) is 6.04 Å². The molecule has 0 saturated carbocycles. The fraction of sp³-hybridized carbons (Fsp3) is 0.300. The predicted octanol–water partition coefficient (Wildman–Crippen LogP) is 4.71. The van der Waals surface area contributed by atoms with Gasteiger partial charge in [-0.15, -0.1) is 11.3 Å². The number of pyridine rings is 1. The molecular weight excluding hydrogens is 314 g/mol. The van der Waals surface area contributed by atoms with Crippen LogP contribution < -0.4 is 0 Å². The topological polar surface area (TPSA) is 29.0 Å². The third-order valence-electron chi connectivity index (χ3n) is 4.71. The summed E-state index contributed by atoms with van der Waals surface area (Å²) < 4.78 is 0. The van der Waals surface area contributed by atoms with Gasteiger partial charge < -0.3 is 0 Å². The monoisotopic (exact) mass is 335 g/mol. The first kappa shape index (κ1) is 15.5. The Labute approximate surface area is 147 Å². The van der Waals surface area contributed by atoms with E-state index in [4.69, 9.17) is 4.98 Å². The Bertz CT molecular complexity index is 813. The van der Waals surface area contributed by atoms with Crippen LogP contribution in [0.15, 0.2) is 54.0 Å². The lowest BCUT2D eigenvalue weighted by molar-refractivity contribution is 0.169. The van der Waals surface area contributed by atoms with Crippen LogP contribution in [0.4, 0.5) is 0 Å². The van der Waals surface area contributed by atoms with Gasteiger partial charge in [-0.3, -0.25) is 9.88 Å². The highest BCUT2D eigenvalue weighted by atomic mass is 32.1.